The Balaban J connectivity index is 2.71. The van der Waals surface area contributed by atoms with Gasteiger partial charge in [-0.05, 0) is 11.1 Å². The third-order valence-electron chi connectivity index (χ3n) is 1.49. The summed E-state index contributed by atoms with van der Waals surface area (Å²) < 4.78 is 0. The molecule has 4 N–H and O–H groups in total. The first-order valence-corrected chi connectivity index (χ1v) is 3.56. The van der Waals surface area contributed by atoms with Gasteiger partial charge in [0.1, 0.15) is 0 Å². The summed E-state index contributed by atoms with van der Waals surface area (Å²) in [6.45, 7) is 0.444. The zero-order valence-electron chi connectivity index (χ0n) is 6.57. The van der Waals surface area contributed by atoms with E-state index in [0.717, 1.165) is 11.1 Å². The molecule has 1 aromatic rings. The van der Waals surface area contributed by atoms with E-state index in [9.17, 15) is 0 Å². The Morgan fingerprint density at radius 3 is 2.58 bits per heavy atom. The van der Waals surface area contributed by atoms with Gasteiger partial charge in [-0.2, -0.15) is 5.10 Å². The van der Waals surface area contributed by atoms with Crippen LogP contribution in [0.25, 0.3) is 0 Å². The zero-order chi connectivity index (χ0) is 8.81. The number of nitrogens with zero attached hydrogens (tertiary/aromatic N) is 1. The molecule has 12 heavy (non-hydrogen) atoms. The van der Waals surface area contributed by atoms with Gasteiger partial charge in [-0.15, -0.1) is 0 Å². The second kappa shape index (κ2) is 4.48. The second-order valence-electron chi connectivity index (χ2n) is 2.35. The molecule has 64 valence electrons. The highest BCUT2D eigenvalue weighted by atomic mass is 16.5. The first kappa shape index (κ1) is 8.70. The molecular formula is C8H11N3O. The predicted molar refractivity (Wildman–Crippen MR) is 46.8 cm³/mol. The maximum atomic E-state index is 8.40. The summed E-state index contributed by atoms with van der Waals surface area (Å²) in [7, 11) is 0. The molecule has 0 aromatic heterocycles. The van der Waals surface area contributed by atoms with E-state index in [1.807, 2.05) is 24.3 Å². The highest BCUT2D eigenvalue weighted by Crippen LogP contribution is 2.01. The summed E-state index contributed by atoms with van der Waals surface area (Å²) in [4.78, 5) is 0. The third-order valence-corrected chi connectivity index (χ3v) is 1.49. The van der Waals surface area contributed by atoms with E-state index in [1.165, 1.54) is 0 Å². The van der Waals surface area contributed by atoms with Gasteiger partial charge in [-0.25, -0.2) is 5.48 Å². The smallest absolute Gasteiger partial charge is 0.0538 e. The van der Waals surface area contributed by atoms with Crippen LogP contribution in [0.2, 0.25) is 0 Å². The molecule has 0 fully saturated rings. The number of hydrogen-bond donors (Lipinski definition) is 3. The minimum Gasteiger partial charge on any atom is -0.323 e. The Morgan fingerprint density at radius 1 is 1.42 bits per heavy atom. The van der Waals surface area contributed by atoms with Gasteiger partial charge in [0.2, 0.25) is 0 Å². The maximum Gasteiger partial charge on any atom is 0.0538 e. The molecule has 0 spiro atoms. The minimum atomic E-state index is 0.444. The van der Waals surface area contributed by atoms with Crippen LogP contribution in [0.3, 0.4) is 0 Å². The summed E-state index contributed by atoms with van der Waals surface area (Å²) in [5.74, 6) is 4.97. The number of hydrazone groups is 1. The monoisotopic (exact) mass is 165 g/mol. The van der Waals surface area contributed by atoms with Gasteiger partial charge in [0.05, 0.1) is 6.21 Å². The first-order valence-electron chi connectivity index (χ1n) is 3.56. The maximum absolute atomic E-state index is 8.40. The summed E-state index contributed by atoms with van der Waals surface area (Å²) in [6, 6.07) is 7.53. The molecule has 4 heteroatoms. The Bertz CT molecular complexity index is 256. The molecule has 0 radical (unpaired) electrons. The quantitative estimate of drug-likeness (QED) is 0.346. The number of rotatable bonds is 3. The molecule has 0 saturated carbocycles. The number of nitrogens with one attached hydrogen (secondary N) is 1. The Morgan fingerprint density at radius 2 is 2.08 bits per heavy atom. The van der Waals surface area contributed by atoms with Crippen molar-refractivity contribution in [3.8, 4) is 0 Å². The van der Waals surface area contributed by atoms with Gasteiger partial charge in [0.15, 0.2) is 0 Å². The third kappa shape index (κ3) is 2.34. The molecule has 0 aliphatic rings. The van der Waals surface area contributed by atoms with E-state index >= 15 is 0 Å². The van der Waals surface area contributed by atoms with Crippen molar-refractivity contribution in [2.45, 2.75) is 6.54 Å². The average molecular weight is 165 g/mol. The fourth-order valence-corrected chi connectivity index (χ4v) is 0.899. The van der Waals surface area contributed by atoms with Crippen LogP contribution in [-0.2, 0) is 6.54 Å². The van der Waals surface area contributed by atoms with Crippen molar-refractivity contribution in [3.05, 3.63) is 35.4 Å². The lowest BCUT2D eigenvalue weighted by Crippen LogP contribution is -2.05. The summed E-state index contributed by atoms with van der Waals surface area (Å²) >= 11 is 0. The van der Waals surface area contributed by atoms with Gasteiger partial charge < -0.3 is 11.0 Å². The van der Waals surface area contributed by atoms with Crippen molar-refractivity contribution in [1.29, 1.82) is 0 Å². The molecule has 0 unspecified atom stereocenters. The molecular weight excluding hydrogens is 154 g/mol. The topological polar surface area (TPSA) is 70.6 Å². The highest BCUT2D eigenvalue weighted by molar-refractivity contribution is 5.79. The average Bonchev–Trinajstić information content (AvgIpc) is 2.09. The van der Waals surface area contributed by atoms with Gasteiger partial charge in [-0.3, -0.25) is 0 Å². The number of benzene rings is 1. The van der Waals surface area contributed by atoms with Gasteiger partial charge in [0, 0.05) is 6.54 Å². The largest absolute Gasteiger partial charge is 0.323 e. The van der Waals surface area contributed by atoms with Crippen LogP contribution >= 0.6 is 0 Å². The van der Waals surface area contributed by atoms with E-state index in [-0.39, 0.29) is 0 Å². The van der Waals surface area contributed by atoms with E-state index < -0.39 is 0 Å². The van der Waals surface area contributed by atoms with Crippen LogP contribution in [0.5, 0.6) is 0 Å². The van der Waals surface area contributed by atoms with Crippen LogP contribution in [0, 0.1) is 0 Å². The Kier molecular flexibility index (Phi) is 3.25. The zero-order valence-corrected chi connectivity index (χ0v) is 6.57. The molecule has 0 amide bonds. The fraction of sp³-hybridized carbons (Fsp3) is 0.125. The normalized spacial score (nSPS) is 10.8. The van der Waals surface area contributed by atoms with Crippen LogP contribution in [-0.4, -0.2) is 11.4 Å². The van der Waals surface area contributed by atoms with Crippen molar-refractivity contribution in [1.82, 2.24) is 5.48 Å². The predicted octanol–water partition coefficient (Wildman–Crippen LogP) is 0.458. The van der Waals surface area contributed by atoms with E-state index in [2.05, 4.69) is 10.6 Å². The van der Waals surface area contributed by atoms with E-state index in [1.54, 1.807) is 6.21 Å². The summed E-state index contributed by atoms with van der Waals surface area (Å²) in [5.41, 5.74) is 4.03. The standard InChI is InChI=1S/C8H11N3O/c9-10-5-7-1-3-8(4-2-7)6-11-12/h1-5,11-12H,6,9H2/b10-5+. The lowest BCUT2D eigenvalue weighted by Gasteiger charge is -1.98. The van der Waals surface area contributed by atoms with E-state index in [0.29, 0.717) is 6.54 Å². The number of hydroxylamine groups is 1. The van der Waals surface area contributed by atoms with Crippen LogP contribution in [0.4, 0.5) is 0 Å². The first-order chi connectivity index (χ1) is 5.86. The molecule has 0 aliphatic carbocycles. The van der Waals surface area contributed by atoms with E-state index in [4.69, 9.17) is 11.0 Å². The van der Waals surface area contributed by atoms with Gasteiger partial charge >= 0.3 is 0 Å². The van der Waals surface area contributed by atoms with Crippen molar-refractivity contribution in [2.24, 2.45) is 10.9 Å². The van der Waals surface area contributed by atoms with Crippen LogP contribution in [0.15, 0.2) is 29.4 Å². The molecule has 0 atom stereocenters. The fourth-order valence-electron chi connectivity index (χ4n) is 0.899. The lowest BCUT2D eigenvalue weighted by atomic mass is 10.1. The van der Waals surface area contributed by atoms with Gasteiger partial charge in [-0.1, -0.05) is 24.3 Å². The Hall–Kier alpha value is -1.39. The second-order valence-corrected chi connectivity index (χ2v) is 2.35. The molecule has 1 aromatic carbocycles. The lowest BCUT2D eigenvalue weighted by molar-refractivity contribution is 0.161. The van der Waals surface area contributed by atoms with Crippen molar-refractivity contribution in [3.63, 3.8) is 0 Å². The number of nitrogens with two attached hydrogens (primary N) is 1. The summed E-state index contributed by atoms with van der Waals surface area (Å²) in [5, 5.41) is 11.8. The van der Waals surface area contributed by atoms with Gasteiger partial charge in [0.25, 0.3) is 0 Å². The molecule has 0 bridgehead atoms. The van der Waals surface area contributed by atoms with Crippen LogP contribution in [0.1, 0.15) is 11.1 Å². The Labute approximate surface area is 70.7 Å². The highest BCUT2D eigenvalue weighted by Gasteiger charge is 1.90. The summed E-state index contributed by atoms with van der Waals surface area (Å²) in [6.07, 6.45) is 1.57. The van der Waals surface area contributed by atoms with Crippen molar-refractivity contribution in [2.75, 3.05) is 0 Å². The molecule has 1 rings (SSSR count). The van der Waals surface area contributed by atoms with Crippen LogP contribution < -0.4 is 11.3 Å². The number of hydrogen-bond acceptors (Lipinski definition) is 4. The molecule has 0 aliphatic heterocycles. The minimum absolute atomic E-state index is 0.444. The van der Waals surface area contributed by atoms with Crippen molar-refractivity contribution >= 4 is 6.21 Å². The van der Waals surface area contributed by atoms with Crippen molar-refractivity contribution < 1.29 is 5.21 Å². The molecule has 0 saturated heterocycles. The SMILES string of the molecule is N/N=C/c1ccc(CNO)cc1. The molecule has 0 heterocycles. The molecule has 4 nitrogen and oxygen atoms in total.